The molecular weight excluding hydrogens is 344 g/mol. The number of carbonyl (C=O) groups excluding carboxylic acids is 1. The number of carbonyl (C=O) groups is 1. The van der Waals surface area contributed by atoms with Crippen molar-refractivity contribution in [2.75, 3.05) is 20.1 Å². The van der Waals surface area contributed by atoms with Crippen molar-refractivity contribution in [2.45, 2.75) is 32.9 Å². The van der Waals surface area contributed by atoms with Crippen molar-refractivity contribution in [1.82, 2.24) is 25.5 Å². The Morgan fingerprint density at radius 3 is 2.59 bits per heavy atom. The second kappa shape index (κ2) is 9.61. The van der Waals surface area contributed by atoms with Gasteiger partial charge in [0.25, 0.3) is 0 Å². The zero-order chi connectivity index (χ0) is 19.7. The highest BCUT2D eigenvalue weighted by Gasteiger charge is 2.15. The number of benzene rings is 1. The first kappa shape index (κ1) is 20.3. The topological polar surface area (TPSA) is 92.6 Å². The molecule has 0 aliphatic heterocycles. The summed E-state index contributed by atoms with van der Waals surface area (Å²) in [5.41, 5.74) is 1.67. The van der Waals surface area contributed by atoms with E-state index in [4.69, 9.17) is 4.74 Å². The molecule has 0 bridgehead atoms. The van der Waals surface area contributed by atoms with E-state index in [0.717, 1.165) is 11.3 Å². The molecule has 1 amide bonds. The average Bonchev–Trinajstić information content (AvgIpc) is 3.14. The van der Waals surface area contributed by atoms with E-state index < -0.39 is 11.7 Å². The lowest BCUT2D eigenvalue weighted by atomic mass is 10.1. The molecule has 2 rings (SSSR count). The maximum Gasteiger partial charge on any atom is 0.407 e. The van der Waals surface area contributed by atoms with Crippen LogP contribution in [0.2, 0.25) is 0 Å². The van der Waals surface area contributed by atoms with Crippen molar-refractivity contribution in [3.63, 3.8) is 0 Å². The van der Waals surface area contributed by atoms with E-state index in [0.29, 0.717) is 25.6 Å². The molecule has 0 aliphatic carbocycles. The third-order valence-electron chi connectivity index (χ3n) is 3.53. The van der Waals surface area contributed by atoms with Crippen LogP contribution < -0.4 is 16.0 Å². The van der Waals surface area contributed by atoms with E-state index in [9.17, 15) is 4.79 Å². The Labute approximate surface area is 160 Å². The van der Waals surface area contributed by atoms with Crippen molar-refractivity contribution in [2.24, 2.45) is 4.99 Å². The number of ether oxygens (including phenoxy) is 1. The van der Waals surface area contributed by atoms with Gasteiger partial charge in [-0.1, -0.05) is 18.2 Å². The molecule has 0 fully saturated rings. The number of nitrogens with one attached hydrogen (secondary N) is 3. The van der Waals surface area contributed by atoms with Crippen molar-refractivity contribution in [3.8, 4) is 5.69 Å². The average molecular weight is 372 g/mol. The van der Waals surface area contributed by atoms with E-state index in [1.165, 1.54) is 0 Å². The van der Waals surface area contributed by atoms with Crippen molar-refractivity contribution in [3.05, 3.63) is 48.5 Å². The van der Waals surface area contributed by atoms with Gasteiger partial charge in [0.05, 0.1) is 12.0 Å². The number of alkyl carbamates (subject to hydrolysis) is 1. The highest BCUT2D eigenvalue weighted by molar-refractivity contribution is 5.79. The van der Waals surface area contributed by atoms with E-state index >= 15 is 0 Å². The van der Waals surface area contributed by atoms with Crippen LogP contribution in [-0.2, 0) is 11.3 Å². The second-order valence-electron chi connectivity index (χ2n) is 6.88. The van der Waals surface area contributed by atoms with Gasteiger partial charge in [0.15, 0.2) is 5.96 Å². The molecule has 1 heterocycles. The van der Waals surface area contributed by atoms with Gasteiger partial charge in [0.2, 0.25) is 0 Å². The van der Waals surface area contributed by atoms with Crippen LogP contribution in [-0.4, -0.2) is 47.3 Å². The van der Waals surface area contributed by atoms with Crippen LogP contribution >= 0.6 is 0 Å². The molecule has 0 saturated carbocycles. The summed E-state index contributed by atoms with van der Waals surface area (Å²) in [4.78, 5) is 19.9. The minimum Gasteiger partial charge on any atom is -0.444 e. The summed E-state index contributed by atoms with van der Waals surface area (Å²) in [6.07, 6.45) is 5.01. The van der Waals surface area contributed by atoms with Gasteiger partial charge in [0.1, 0.15) is 5.60 Å². The van der Waals surface area contributed by atoms with Crippen molar-refractivity contribution in [1.29, 1.82) is 0 Å². The molecule has 1 aromatic heterocycles. The SMILES string of the molecule is CN=C(NCCNC(=O)OC(C)(C)C)NCc1ccccc1-n1ccnc1. The highest BCUT2D eigenvalue weighted by atomic mass is 16.6. The Morgan fingerprint density at radius 1 is 1.19 bits per heavy atom. The molecule has 0 unspecified atom stereocenters. The number of para-hydroxylation sites is 1. The summed E-state index contributed by atoms with van der Waals surface area (Å²) in [6, 6.07) is 8.09. The number of aromatic nitrogens is 2. The van der Waals surface area contributed by atoms with Gasteiger partial charge in [0, 0.05) is 39.1 Å². The molecule has 2 aromatic rings. The standard InChI is InChI=1S/C19H28N6O2/c1-19(2,3)27-18(26)23-10-9-22-17(20-4)24-13-15-7-5-6-8-16(15)25-12-11-21-14-25/h5-8,11-12,14H,9-10,13H2,1-4H3,(H,23,26)(H2,20,22,24). The lowest BCUT2D eigenvalue weighted by Crippen LogP contribution is -2.42. The minimum atomic E-state index is -0.502. The van der Waals surface area contributed by atoms with Crippen LogP contribution in [0.4, 0.5) is 4.79 Å². The molecule has 3 N–H and O–H groups in total. The number of guanidine groups is 1. The fourth-order valence-corrected chi connectivity index (χ4v) is 2.37. The van der Waals surface area contributed by atoms with Crippen LogP contribution in [0.25, 0.3) is 5.69 Å². The summed E-state index contributed by atoms with van der Waals surface area (Å²) in [7, 11) is 1.71. The fraction of sp³-hybridized carbons (Fsp3) is 0.421. The predicted molar refractivity (Wildman–Crippen MR) is 106 cm³/mol. The van der Waals surface area contributed by atoms with Crippen molar-refractivity contribution >= 4 is 12.1 Å². The molecule has 0 spiro atoms. The monoisotopic (exact) mass is 372 g/mol. The number of amides is 1. The zero-order valence-corrected chi connectivity index (χ0v) is 16.3. The summed E-state index contributed by atoms with van der Waals surface area (Å²) in [6.45, 7) is 7.06. The molecule has 146 valence electrons. The molecule has 8 nitrogen and oxygen atoms in total. The summed E-state index contributed by atoms with van der Waals surface area (Å²) in [5.74, 6) is 0.654. The number of imidazole rings is 1. The first-order chi connectivity index (χ1) is 12.9. The largest absolute Gasteiger partial charge is 0.444 e. The Balaban J connectivity index is 1.79. The zero-order valence-electron chi connectivity index (χ0n) is 16.3. The van der Waals surface area contributed by atoms with Crippen LogP contribution in [0.15, 0.2) is 48.0 Å². The van der Waals surface area contributed by atoms with Crippen LogP contribution in [0.5, 0.6) is 0 Å². The lowest BCUT2D eigenvalue weighted by Gasteiger charge is -2.20. The number of aliphatic imine (C=N–C) groups is 1. The molecule has 0 atom stereocenters. The molecule has 8 heteroatoms. The normalized spacial score (nSPS) is 11.8. The van der Waals surface area contributed by atoms with Crippen LogP contribution in [0.1, 0.15) is 26.3 Å². The molecule has 0 aliphatic rings. The van der Waals surface area contributed by atoms with Gasteiger partial charge in [-0.3, -0.25) is 4.99 Å². The summed E-state index contributed by atoms with van der Waals surface area (Å²) in [5, 5.41) is 9.14. The number of rotatable bonds is 6. The quantitative estimate of drug-likeness (QED) is 0.410. The highest BCUT2D eigenvalue weighted by Crippen LogP contribution is 2.13. The number of nitrogens with zero attached hydrogens (tertiary/aromatic N) is 3. The smallest absolute Gasteiger partial charge is 0.407 e. The van der Waals surface area contributed by atoms with Gasteiger partial charge in [-0.2, -0.15) is 0 Å². The molecular formula is C19H28N6O2. The van der Waals surface area contributed by atoms with Crippen LogP contribution in [0, 0.1) is 0 Å². The summed E-state index contributed by atoms with van der Waals surface area (Å²) >= 11 is 0. The van der Waals surface area contributed by atoms with Crippen LogP contribution in [0.3, 0.4) is 0 Å². The lowest BCUT2D eigenvalue weighted by molar-refractivity contribution is 0.0529. The van der Waals surface area contributed by atoms with E-state index in [1.54, 1.807) is 19.6 Å². The molecule has 0 saturated heterocycles. The fourth-order valence-electron chi connectivity index (χ4n) is 2.37. The Kier molecular flexibility index (Phi) is 7.22. The number of hydrogen-bond acceptors (Lipinski definition) is 4. The Morgan fingerprint density at radius 2 is 1.93 bits per heavy atom. The predicted octanol–water partition coefficient (Wildman–Crippen LogP) is 2.06. The second-order valence-corrected chi connectivity index (χ2v) is 6.88. The minimum absolute atomic E-state index is 0.429. The van der Waals surface area contributed by atoms with Crippen molar-refractivity contribution < 1.29 is 9.53 Å². The maximum atomic E-state index is 11.6. The first-order valence-electron chi connectivity index (χ1n) is 8.86. The van der Waals surface area contributed by atoms with Gasteiger partial charge in [-0.25, -0.2) is 9.78 Å². The Bertz CT molecular complexity index is 750. The summed E-state index contributed by atoms with van der Waals surface area (Å²) < 4.78 is 7.16. The van der Waals surface area contributed by atoms with Gasteiger partial charge in [-0.15, -0.1) is 0 Å². The van der Waals surface area contributed by atoms with Gasteiger partial charge in [-0.05, 0) is 32.4 Å². The van der Waals surface area contributed by atoms with E-state index in [-0.39, 0.29) is 0 Å². The molecule has 27 heavy (non-hydrogen) atoms. The molecule has 0 radical (unpaired) electrons. The van der Waals surface area contributed by atoms with E-state index in [1.807, 2.05) is 49.7 Å². The maximum absolute atomic E-state index is 11.6. The first-order valence-corrected chi connectivity index (χ1v) is 8.86. The number of hydrogen-bond donors (Lipinski definition) is 3. The van der Waals surface area contributed by atoms with E-state index in [2.05, 4.69) is 32.0 Å². The van der Waals surface area contributed by atoms with Gasteiger partial charge < -0.3 is 25.3 Å². The Hall–Kier alpha value is -3.03. The van der Waals surface area contributed by atoms with Gasteiger partial charge >= 0.3 is 6.09 Å². The molecule has 1 aromatic carbocycles. The third-order valence-corrected chi connectivity index (χ3v) is 3.53. The third kappa shape index (κ3) is 7.01.